The molecule has 1 heterocycles. The summed E-state index contributed by atoms with van der Waals surface area (Å²) in [4.78, 5) is 16.5. The third-order valence-electron chi connectivity index (χ3n) is 5.30. The highest BCUT2D eigenvalue weighted by atomic mass is 19.2. The first kappa shape index (κ1) is 16.4. The minimum atomic E-state index is -0.802. The molecule has 0 unspecified atom stereocenters. The quantitative estimate of drug-likeness (QED) is 0.850. The first-order chi connectivity index (χ1) is 11.0. The van der Waals surface area contributed by atoms with Gasteiger partial charge >= 0.3 is 0 Å². The molecule has 1 saturated heterocycles. The van der Waals surface area contributed by atoms with Gasteiger partial charge in [0.2, 0.25) is 5.91 Å². The summed E-state index contributed by atoms with van der Waals surface area (Å²) in [5.41, 5.74) is 0.793. The molecule has 1 aliphatic carbocycles. The molecule has 2 aliphatic rings. The van der Waals surface area contributed by atoms with E-state index in [-0.39, 0.29) is 5.92 Å². The van der Waals surface area contributed by atoms with Gasteiger partial charge in [-0.1, -0.05) is 12.5 Å². The minimum Gasteiger partial charge on any atom is -0.342 e. The van der Waals surface area contributed by atoms with E-state index in [1.807, 2.05) is 11.9 Å². The Morgan fingerprint density at radius 1 is 1.17 bits per heavy atom. The van der Waals surface area contributed by atoms with Gasteiger partial charge in [-0.25, -0.2) is 8.78 Å². The molecule has 0 spiro atoms. The van der Waals surface area contributed by atoms with Crippen molar-refractivity contribution >= 4 is 5.91 Å². The van der Waals surface area contributed by atoms with Crippen LogP contribution in [0, 0.1) is 17.6 Å². The average molecular weight is 322 g/mol. The molecule has 0 radical (unpaired) electrons. The second kappa shape index (κ2) is 6.95. The van der Waals surface area contributed by atoms with Crippen LogP contribution in [0.1, 0.15) is 37.7 Å². The third-order valence-corrected chi connectivity index (χ3v) is 5.30. The Balaban J connectivity index is 1.49. The Kier molecular flexibility index (Phi) is 4.95. The number of carbonyl (C=O) groups excluding carboxylic acids is 1. The van der Waals surface area contributed by atoms with Crippen molar-refractivity contribution < 1.29 is 13.6 Å². The zero-order chi connectivity index (χ0) is 16.4. The molecular formula is C18H24F2N2O. The van der Waals surface area contributed by atoms with E-state index < -0.39 is 11.6 Å². The molecular weight excluding hydrogens is 298 g/mol. The molecule has 1 aromatic rings. The molecule has 126 valence electrons. The molecule has 23 heavy (non-hydrogen) atoms. The largest absolute Gasteiger partial charge is 0.342 e. The number of halogens is 2. The van der Waals surface area contributed by atoms with Crippen LogP contribution in [-0.2, 0) is 11.3 Å². The van der Waals surface area contributed by atoms with Gasteiger partial charge < -0.3 is 4.90 Å². The lowest BCUT2D eigenvalue weighted by atomic mass is 9.84. The van der Waals surface area contributed by atoms with Gasteiger partial charge in [0.25, 0.3) is 0 Å². The molecule has 1 saturated carbocycles. The van der Waals surface area contributed by atoms with E-state index in [0.29, 0.717) is 18.5 Å². The van der Waals surface area contributed by atoms with Gasteiger partial charge in [0.15, 0.2) is 11.6 Å². The standard InChI is InChI=1S/C18H24F2N2O/c1-21(18(23)14-3-2-4-14)15-7-9-22(10-8-15)12-13-5-6-16(19)17(20)11-13/h5-6,11,14-15H,2-4,7-10,12H2,1H3. The van der Waals surface area contributed by atoms with E-state index in [9.17, 15) is 13.6 Å². The van der Waals surface area contributed by atoms with Crippen molar-refractivity contribution in [3.8, 4) is 0 Å². The molecule has 0 bridgehead atoms. The van der Waals surface area contributed by atoms with Crippen molar-refractivity contribution in [2.75, 3.05) is 20.1 Å². The number of carbonyl (C=O) groups is 1. The number of rotatable bonds is 4. The fourth-order valence-electron chi connectivity index (χ4n) is 3.48. The summed E-state index contributed by atoms with van der Waals surface area (Å²) >= 11 is 0. The molecule has 0 aromatic heterocycles. The predicted molar refractivity (Wildman–Crippen MR) is 84.8 cm³/mol. The summed E-state index contributed by atoms with van der Waals surface area (Å²) in [6, 6.07) is 4.40. The fraction of sp³-hybridized carbons (Fsp3) is 0.611. The van der Waals surface area contributed by atoms with Crippen LogP contribution < -0.4 is 0 Å². The van der Waals surface area contributed by atoms with Crippen LogP contribution >= 0.6 is 0 Å². The van der Waals surface area contributed by atoms with Gasteiger partial charge in [-0.2, -0.15) is 0 Å². The van der Waals surface area contributed by atoms with Crippen molar-refractivity contribution in [1.82, 2.24) is 9.80 Å². The maximum atomic E-state index is 13.3. The summed E-state index contributed by atoms with van der Waals surface area (Å²) in [5, 5.41) is 0. The highest BCUT2D eigenvalue weighted by molar-refractivity contribution is 5.79. The number of likely N-dealkylation sites (tertiary alicyclic amines) is 1. The second-order valence-corrected chi connectivity index (χ2v) is 6.83. The first-order valence-electron chi connectivity index (χ1n) is 8.47. The third kappa shape index (κ3) is 3.71. The summed E-state index contributed by atoms with van der Waals surface area (Å²) in [6.45, 7) is 2.39. The van der Waals surface area contributed by atoms with Crippen LogP contribution in [0.15, 0.2) is 18.2 Å². The lowest BCUT2D eigenvalue weighted by Gasteiger charge is -2.39. The number of piperidine rings is 1. The highest BCUT2D eigenvalue weighted by Crippen LogP contribution is 2.29. The zero-order valence-corrected chi connectivity index (χ0v) is 13.6. The Labute approximate surface area is 136 Å². The van der Waals surface area contributed by atoms with Gasteiger partial charge in [0.1, 0.15) is 0 Å². The van der Waals surface area contributed by atoms with Gasteiger partial charge in [0, 0.05) is 38.6 Å². The summed E-state index contributed by atoms with van der Waals surface area (Å²) in [6.07, 6.45) is 5.14. The molecule has 2 fully saturated rings. The van der Waals surface area contributed by atoms with E-state index in [2.05, 4.69) is 4.90 Å². The summed E-state index contributed by atoms with van der Waals surface area (Å²) in [7, 11) is 1.93. The van der Waals surface area contributed by atoms with Gasteiger partial charge in [-0.05, 0) is 43.4 Å². The van der Waals surface area contributed by atoms with Crippen LogP contribution in [-0.4, -0.2) is 41.9 Å². The Bertz CT molecular complexity index is 566. The van der Waals surface area contributed by atoms with Crippen molar-refractivity contribution in [3.63, 3.8) is 0 Å². The van der Waals surface area contributed by atoms with Gasteiger partial charge in [-0.3, -0.25) is 9.69 Å². The molecule has 1 aromatic carbocycles. The van der Waals surface area contributed by atoms with Crippen molar-refractivity contribution in [2.24, 2.45) is 5.92 Å². The number of benzene rings is 1. The second-order valence-electron chi connectivity index (χ2n) is 6.83. The number of hydrogen-bond donors (Lipinski definition) is 0. The molecule has 5 heteroatoms. The van der Waals surface area contributed by atoms with Crippen LogP contribution in [0.25, 0.3) is 0 Å². The smallest absolute Gasteiger partial charge is 0.225 e. The van der Waals surface area contributed by atoms with E-state index >= 15 is 0 Å². The lowest BCUT2D eigenvalue weighted by Crippen LogP contribution is -2.48. The Morgan fingerprint density at radius 3 is 2.43 bits per heavy atom. The normalized spacial score (nSPS) is 20.3. The molecule has 3 rings (SSSR count). The topological polar surface area (TPSA) is 23.6 Å². The highest BCUT2D eigenvalue weighted by Gasteiger charge is 2.32. The van der Waals surface area contributed by atoms with Crippen LogP contribution in [0.4, 0.5) is 8.78 Å². The van der Waals surface area contributed by atoms with Crippen molar-refractivity contribution in [1.29, 1.82) is 0 Å². The fourth-order valence-corrected chi connectivity index (χ4v) is 3.48. The van der Waals surface area contributed by atoms with E-state index in [0.717, 1.165) is 44.3 Å². The van der Waals surface area contributed by atoms with Crippen LogP contribution in [0.3, 0.4) is 0 Å². The van der Waals surface area contributed by atoms with Crippen molar-refractivity contribution in [3.05, 3.63) is 35.4 Å². The van der Waals surface area contributed by atoms with E-state index in [1.54, 1.807) is 6.07 Å². The monoisotopic (exact) mass is 322 g/mol. The van der Waals surface area contributed by atoms with Gasteiger partial charge in [0.05, 0.1) is 0 Å². The van der Waals surface area contributed by atoms with Crippen molar-refractivity contribution in [2.45, 2.75) is 44.7 Å². The Hall–Kier alpha value is -1.49. The van der Waals surface area contributed by atoms with E-state index in [4.69, 9.17) is 0 Å². The molecule has 0 atom stereocenters. The number of nitrogens with zero attached hydrogens (tertiary/aromatic N) is 2. The van der Waals surface area contributed by atoms with Crippen LogP contribution in [0.2, 0.25) is 0 Å². The maximum Gasteiger partial charge on any atom is 0.225 e. The zero-order valence-electron chi connectivity index (χ0n) is 13.6. The summed E-state index contributed by atoms with van der Waals surface area (Å²) in [5.74, 6) is -1.04. The first-order valence-corrected chi connectivity index (χ1v) is 8.47. The SMILES string of the molecule is CN(C(=O)C1CCC1)C1CCN(Cc2ccc(F)c(F)c2)CC1. The predicted octanol–water partition coefficient (Wildman–Crippen LogP) is 3.19. The van der Waals surface area contributed by atoms with Gasteiger partial charge in [-0.15, -0.1) is 0 Å². The van der Waals surface area contributed by atoms with E-state index in [1.165, 1.54) is 18.6 Å². The number of amides is 1. The summed E-state index contributed by atoms with van der Waals surface area (Å²) < 4.78 is 26.2. The lowest BCUT2D eigenvalue weighted by molar-refractivity contribution is -0.139. The molecule has 0 N–H and O–H groups in total. The molecule has 1 aliphatic heterocycles. The maximum absolute atomic E-state index is 13.3. The minimum absolute atomic E-state index is 0.250. The molecule has 1 amide bonds. The number of hydrogen-bond acceptors (Lipinski definition) is 2. The molecule has 3 nitrogen and oxygen atoms in total. The van der Waals surface area contributed by atoms with Crippen LogP contribution in [0.5, 0.6) is 0 Å². The average Bonchev–Trinajstić information content (AvgIpc) is 2.49. The Morgan fingerprint density at radius 2 is 1.87 bits per heavy atom.